The van der Waals surface area contributed by atoms with Crippen LogP contribution in [0.3, 0.4) is 0 Å². The predicted octanol–water partition coefficient (Wildman–Crippen LogP) is 4.51. The van der Waals surface area contributed by atoms with Crippen molar-refractivity contribution in [3.05, 3.63) is 40.8 Å². The van der Waals surface area contributed by atoms with Crippen molar-refractivity contribution in [3.63, 3.8) is 0 Å². The van der Waals surface area contributed by atoms with Crippen LogP contribution in [0.4, 0.5) is 11.8 Å². The largest absolute Gasteiger partial charge is 0.393 e. The van der Waals surface area contributed by atoms with Gasteiger partial charge in [0.2, 0.25) is 5.95 Å². The lowest BCUT2D eigenvalue weighted by atomic mass is 9.47. The van der Waals surface area contributed by atoms with Crippen molar-refractivity contribution in [2.24, 2.45) is 23.2 Å². The van der Waals surface area contributed by atoms with Gasteiger partial charge in [-0.15, -0.1) is 0 Å². The van der Waals surface area contributed by atoms with Gasteiger partial charge in [-0.05, 0) is 87.0 Å². The van der Waals surface area contributed by atoms with Crippen LogP contribution in [-0.4, -0.2) is 44.8 Å². The summed E-state index contributed by atoms with van der Waals surface area (Å²) in [6.45, 7) is 1.31. The van der Waals surface area contributed by atoms with Crippen LogP contribution in [0.25, 0.3) is 0 Å². The maximum atomic E-state index is 9.89. The number of hydrogen-bond donors (Lipinski definition) is 4. The van der Waals surface area contributed by atoms with E-state index in [0.717, 1.165) is 55.5 Å². The zero-order valence-electron chi connectivity index (χ0n) is 21.2. The fourth-order valence-corrected chi connectivity index (χ4v) is 8.04. The molecule has 2 heterocycles. The molecule has 2 aromatic rings. The van der Waals surface area contributed by atoms with E-state index in [9.17, 15) is 10.4 Å². The molecule has 9 heteroatoms. The Hall–Kier alpha value is -2.47. The van der Waals surface area contributed by atoms with Crippen molar-refractivity contribution in [1.29, 1.82) is 5.26 Å². The summed E-state index contributed by atoms with van der Waals surface area (Å²) in [4.78, 5) is 13.1. The molecule has 0 aliphatic heterocycles. The van der Waals surface area contributed by atoms with Gasteiger partial charge in [0.05, 0.1) is 12.3 Å². The average molecular weight is 522 g/mol. The lowest BCUT2D eigenvalue weighted by Gasteiger charge is -2.61. The quantitative estimate of drug-likeness (QED) is 0.400. The topological polar surface area (TPSA) is 119 Å². The Balaban J connectivity index is 1.11. The van der Waals surface area contributed by atoms with Crippen LogP contribution >= 0.6 is 11.6 Å². The molecule has 5 aliphatic rings. The number of halogens is 1. The summed E-state index contributed by atoms with van der Waals surface area (Å²) in [5, 5.41) is 31.1. The molecule has 5 atom stereocenters. The Kier molecular flexibility index (Phi) is 6.95. The summed E-state index contributed by atoms with van der Waals surface area (Å²) in [6.07, 6.45) is 15.4. The molecule has 1 unspecified atom stereocenters. The summed E-state index contributed by atoms with van der Waals surface area (Å²) in [7, 11) is 0. The number of rotatable bonds is 8. The highest BCUT2D eigenvalue weighted by Crippen LogP contribution is 2.60. The second kappa shape index (κ2) is 10.4. The molecule has 0 spiro atoms. The summed E-state index contributed by atoms with van der Waals surface area (Å²) < 4.78 is 0. The third kappa shape index (κ3) is 5.27. The molecule has 0 saturated heterocycles. The lowest BCUT2D eigenvalue weighted by Crippen LogP contribution is -2.61. The Morgan fingerprint density at radius 2 is 1.86 bits per heavy atom. The van der Waals surface area contributed by atoms with Crippen LogP contribution in [0.15, 0.2) is 24.7 Å². The molecular formula is C28H36ClN7O. The van der Waals surface area contributed by atoms with Crippen molar-refractivity contribution < 1.29 is 5.11 Å². The molecule has 37 heavy (non-hydrogen) atoms. The highest BCUT2D eigenvalue weighted by molar-refractivity contribution is 6.31. The first kappa shape index (κ1) is 24.8. The van der Waals surface area contributed by atoms with Crippen LogP contribution in [0.2, 0.25) is 5.02 Å². The van der Waals surface area contributed by atoms with Gasteiger partial charge in [-0.25, -0.2) is 4.98 Å². The minimum Gasteiger partial charge on any atom is -0.393 e. The number of aromatic nitrogens is 3. The van der Waals surface area contributed by atoms with Crippen molar-refractivity contribution in [3.8, 4) is 6.07 Å². The minimum atomic E-state index is -0.102. The average Bonchev–Trinajstić information content (AvgIpc) is 2.90. The summed E-state index contributed by atoms with van der Waals surface area (Å²) in [5.74, 6) is 3.33. The molecule has 0 amide bonds. The van der Waals surface area contributed by atoms with E-state index in [-0.39, 0.29) is 11.5 Å². The molecule has 8 nitrogen and oxygen atoms in total. The molecule has 4 bridgehead atoms. The second-order valence-electron chi connectivity index (χ2n) is 11.9. The van der Waals surface area contributed by atoms with Crippen LogP contribution in [0.5, 0.6) is 0 Å². The van der Waals surface area contributed by atoms with E-state index in [1.807, 2.05) is 0 Å². The number of hydrogen-bond acceptors (Lipinski definition) is 8. The fourth-order valence-electron chi connectivity index (χ4n) is 7.87. The van der Waals surface area contributed by atoms with E-state index in [1.54, 1.807) is 24.7 Å². The van der Waals surface area contributed by atoms with E-state index >= 15 is 0 Å². The van der Waals surface area contributed by atoms with Gasteiger partial charge in [0.1, 0.15) is 17.5 Å². The van der Waals surface area contributed by atoms with Crippen LogP contribution < -0.4 is 16.0 Å². The van der Waals surface area contributed by atoms with Gasteiger partial charge in [-0.1, -0.05) is 11.6 Å². The lowest BCUT2D eigenvalue weighted by molar-refractivity contribution is -0.0737. The predicted molar refractivity (Wildman–Crippen MR) is 143 cm³/mol. The molecule has 0 radical (unpaired) electrons. The highest BCUT2D eigenvalue weighted by Gasteiger charge is 2.55. The van der Waals surface area contributed by atoms with Crippen molar-refractivity contribution in [2.75, 3.05) is 17.2 Å². The van der Waals surface area contributed by atoms with Gasteiger partial charge in [0, 0.05) is 48.2 Å². The number of nitrogens with one attached hydrogen (secondary N) is 3. The molecule has 4 N–H and O–H groups in total. The monoisotopic (exact) mass is 521 g/mol. The van der Waals surface area contributed by atoms with Gasteiger partial charge >= 0.3 is 0 Å². The number of aliphatic hydroxyl groups is 1. The minimum absolute atomic E-state index is 0.102. The molecule has 7 rings (SSSR count). The zero-order chi connectivity index (χ0) is 25.4. The maximum absolute atomic E-state index is 9.89. The molecule has 5 aliphatic carbocycles. The first-order valence-electron chi connectivity index (χ1n) is 13.8. The smallest absolute Gasteiger partial charge is 0.224 e. The standard InChI is InChI=1S/C28H36ClN7O/c29-24-5-6-31-13-21(24)15-33-27-32-14-20(12-30)26(36-27)34-16-28-9-17-7-18(10-28)25(19(8-17)11-28)35-22-1-3-23(37)4-2-22/h5-6,13-14,17-19,22-23,25,35,37H,1-4,7-11,15-16H2,(H2,32,33,34,36)/t17?,18-,19+,22?,23?,25-,28-. The third-order valence-electron chi connectivity index (χ3n) is 9.35. The maximum Gasteiger partial charge on any atom is 0.224 e. The summed E-state index contributed by atoms with van der Waals surface area (Å²) in [5.41, 5.74) is 1.60. The van der Waals surface area contributed by atoms with Gasteiger partial charge in [0.15, 0.2) is 0 Å². The molecular weight excluding hydrogens is 486 g/mol. The first-order valence-corrected chi connectivity index (χ1v) is 14.2. The fraction of sp³-hybridized carbons (Fsp3) is 0.643. The Bertz CT molecular complexity index is 1150. The first-order chi connectivity index (χ1) is 18.0. The number of anilines is 2. The van der Waals surface area contributed by atoms with Gasteiger partial charge in [0.25, 0.3) is 0 Å². The zero-order valence-corrected chi connectivity index (χ0v) is 21.9. The Morgan fingerprint density at radius 3 is 2.59 bits per heavy atom. The Morgan fingerprint density at radius 1 is 1.08 bits per heavy atom. The molecule has 5 saturated carbocycles. The van der Waals surface area contributed by atoms with E-state index in [1.165, 1.54) is 32.1 Å². The molecule has 196 valence electrons. The molecule has 0 aromatic carbocycles. The molecule has 2 aromatic heterocycles. The van der Waals surface area contributed by atoms with Crippen molar-refractivity contribution >= 4 is 23.4 Å². The van der Waals surface area contributed by atoms with Crippen LogP contribution in [0.1, 0.15) is 68.9 Å². The Labute approximate surface area is 223 Å². The van der Waals surface area contributed by atoms with Crippen LogP contribution in [-0.2, 0) is 6.54 Å². The SMILES string of the molecule is N#Cc1cnc(NCc2cnccc2Cl)nc1NC[C@]12CC3C[C@H](C1)[C@@H](NC1CCC(O)CC1)[C@@H](C3)C2. The van der Waals surface area contributed by atoms with Gasteiger partial charge < -0.3 is 21.1 Å². The third-order valence-corrected chi connectivity index (χ3v) is 9.71. The number of aliphatic hydroxyl groups excluding tert-OH is 1. The number of pyridine rings is 1. The van der Waals surface area contributed by atoms with E-state index < -0.39 is 0 Å². The summed E-state index contributed by atoms with van der Waals surface area (Å²) >= 11 is 6.25. The normalized spacial score (nSPS) is 34.2. The van der Waals surface area contributed by atoms with Crippen LogP contribution in [0, 0.1) is 34.5 Å². The van der Waals surface area contributed by atoms with E-state index in [2.05, 4.69) is 37.0 Å². The second-order valence-corrected chi connectivity index (χ2v) is 12.3. The molecule has 5 fully saturated rings. The number of nitrogens with zero attached hydrogens (tertiary/aromatic N) is 4. The van der Waals surface area contributed by atoms with Crippen molar-refractivity contribution in [2.45, 2.75) is 82.5 Å². The van der Waals surface area contributed by atoms with E-state index in [4.69, 9.17) is 11.6 Å². The van der Waals surface area contributed by atoms with Gasteiger partial charge in [-0.3, -0.25) is 4.98 Å². The number of nitriles is 1. The highest BCUT2D eigenvalue weighted by atomic mass is 35.5. The van der Waals surface area contributed by atoms with E-state index in [0.29, 0.717) is 41.0 Å². The summed E-state index contributed by atoms with van der Waals surface area (Å²) in [6, 6.07) is 5.19. The van der Waals surface area contributed by atoms with Crippen molar-refractivity contribution in [1.82, 2.24) is 20.3 Å². The van der Waals surface area contributed by atoms with Gasteiger partial charge in [-0.2, -0.15) is 10.2 Å².